The van der Waals surface area contributed by atoms with Crippen molar-refractivity contribution >= 4 is 21.6 Å². The van der Waals surface area contributed by atoms with E-state index in [0.717, 1.165) is 5.56 Å². The molecule has 0 aliphatic carbocycles. The van der Waals surface area contributed by atoms with E-state index in [-0.39, 0.29) is 29.5 Å². The second-order valence-corrected chi connectivity index (χ2v) is 10.8. The zero-order chi connectivity index (χ0) is 24.9. The van der Waals surface area contributed by atoms with Gasteiger partial charge in [0, 0.05) is 13.1 Å². The molecular formula is C25H35N3O5S. The van der Waals surface area contributed by atoms with Crippen LogP contribution < -0.4 is 15.4 Å². The van der Waals surface area contributed by atoms with Gasteiger partial charge in [0.2, 0.25) is 15.9 Å². The van der Waals surface area contributed by atoms with E-state index in [1.54, 1.807) is 6.07 Å². The van der Waals surface area contributed by atoms with Gasteiger partial charge in [0.1, 0.15) is 5.75 Å². The van der Waals surface area contributed by atoms with Gasteiger partial charge in [0.15, 0.2) is 0 Å². The van der Waals surface area contributed by atoms with Crippen molar-refractivity contribution in [1.29, 1.82) is 0 Å². The fourth-order valence-electron chi connectivity index (χ4n) is 3.69. The highest BCUT2D eigenvalue weighted by atomic mass is 32.2. The van der Waals surface area contributed by atoms with Gasteiger partial charge in [-0.15, -0.1) is 0 Å². The molecule has 1 amide bonds. The van der Waals surface area contributed by atoms with Gasteiger partial charge in [-0.2, -0.15) is 4.31 Å². The number of amides is 1. The van der Waals surface area contributed by atoms with Crippen LogP contribution in [0.2, 0.25) is 0 Å². The van der Waals surface area contributed by atoms with Crippen molar-refractivity contribution in [3.63, 3.8) is 0 Å². The predicted molar refractivity (Wildman–Crippen MR) is 133 cm³/mol. The van der Waals surface area contributed by atoms with Crippen LogP contribution in [0, 0.1) is 13.8 Å². The fraction of sp³-hybridized carbons (Fsp3) is 0.480. The monoisotopic (exact) mass is 489 g/mol. The molecule has 2 N–H and O–H groups in total. The summed E-state index contributed by atoms with van der Waals surface area (Å²) in [6.45, 7) is 11.2. The number of nitrogens with zero attached hydrogens (tertiary/aromatic N) is 1. The van der Waals surface area contributed by atoms with E-state index < -0.39 is 10.0 Å². The fourth-order valence-corrected chi connectivity index (χ4v) is 5.12. The number of sulfonamides is 1. The number of carbonyl (C=O) groups is 1. The maximum atomic E-state index is 13.1. The highest BCUT2D eigenvalue weighted by Gasteiger charge is 2.27. The number of anilines is 1. The van der Waals surface area contributed by atoms with E-state index in [0.29, 0.717) is 37.7 Å². The number of nitrogens with one attached hydrogen (secondary N) is 2. The molecule has 2 aromatic rings. The molecule has 186 valence electrons. The van der Waals surface area contributed by atoms with Crippen LogP contribution in [0.15, 0.2) is 41.3 Å². The number of carbonyl (C=O) groups excluding carboxylic acids is 1. The van der Waals surface area contributed by atoms with Crippen LogP contribution in [0.25, 0.3) is 0 Å². The lowest BCUT2D eigenvalue weighted by Crippen LogP contribution is -2.40. The number of morpholine rings is 1. The van der Waals surface area contributed by atoms with Gasteiger partial charge in [0.25, 0.3) is 0 Å². The summed E-state index contributed by atoms with van der Waals surface area (Å²) in [4.78, 5) is 12.8. The molecule has 1 fully saturated rings. The minimum atomic E-state index is -3.67. The van der Waals surface area contributed by atoms with Crippen LogP contribution in [0.5, 0.6) is 5.75 Å². The zero-order valence-corrected chi connectivity index (χ0v) is 21.4. The van der Waals surface area contributed by atoms with Gasteiger partial charge in [-0.05, 0) is 69.5 Å². The lowest BCUT2D eigenvalue weighted by molar-refractivity contribution is -0.120. The van der Waals surface area contributed by atoms with Crippen molar-refractivity contribution in [2.45, 2.75) is 51.7 Å². The van der Waals surface area contributed by atoms with Crippen LogP contribution in [0.3, 0.4) is 0 Å². The molecule has 8 nitrogen and oxygen atoms in total. The van der Waals surface area contributed by atoms with E-state index in [4.69, 9.17) is 9.47 Å². The summed E-state index contributed by atoms with van der Waals surface area (Å²) in [6.07, 6.45) is -0.110. The third-order valence-electron chi connectivity index (χ3n) is 5.77. The first-order valence-electron chi connectivity index (χ1n) is 11.6. The summed E-state index contributed by atoms with van der Waals surface area (Å²) < 4.78 is 38.7. The zero-order valence-electron chi connectivity index (χ0n) is 20.6. The van der Waals surface area contributed by atoms with Gasteiger partial charge in [0.05, 0.1) is 42.5 Å². The summed E-state index contributed by atoms with van der Waals surface area (Å²) in [5.74, 6) is 0.286. The molecule has 0 spiro atoms. The molecule has 34 heavy (non-hydrogen) atoms. The van der Waals surface area contributed by atoms with Gasteiger partial charge < -0.3 is 20.1 Å². The molecule has 0 bridgehead atoms. The molecule has 1 aliphatic heterocycles. The SMILES string of the molecule is Cc1ccc(C(C)NC(=O)CNc2cc(S(=O)(=O)N3CCOCC3)ccc2OC(C)C)cc1C. The summed E-state index contributed by atoms with van der Waals surface area (Å²) in [5.41, 5.74) is 3.86. The number of hydrogen-bond donors (Lipinski definition) is 2. The second kappa shape index (κ2) is 11.2. The van der Waals surface area contributed by atoms with E-state index in [1.165, 1.54) is 27.6 Å². The summed E-state index contributed by atoms with van der Waals surface area (Å²) >= 11 is 0. The normalized spacial score (nSPS) is 15.7. The third-order valence-corrected chi connectivity index (χ3v) is 7.66. The molecular weight excluding hydrogens is 454 g/mol. The van der Waals surface area contributed by atoms with Gasteiger partial charge in [-0.3, -0.25) is 4.79 Å². The number of ether oxygens (including phenoxy) is 2. The highest BCUT2D eigenvalue weighted by Crippen LogP contribution is 2.30. The van der Waals surface area contributed by atoms with Crippen molar-refractivity contribution in [2.75, 3.05) is 38.2 Å². The first-order valence-corrected chi connectivity index (χ1v) is 13.0. The largest absolute Gasteiger partial charge is 0.489 e. The number of aryl methyl sites for hydroxylation is 2. The Morgan fingerprint density at radius 2 is 1.76 bits per heavy atom. The number of benzene rings is 2. The maximum Gasteiger partial charge on any atom is 0.243 e. The molecule has 2 aromatic carbocycles. The third kappa shape index (κ3) is 6.49. The molecule has 0 radical (unpaired) electrons. The van der Waals surface area contributed by atoms with Crippen LogP contribution in [-0.4, -0.2) is 57.6 Å². The number of hydrogen-bond acceptors (Lipinski definition) is 6. The van der Waals surface area contributed by atoms with Crippen molar-refractivity contribution in [1.82, 2.24) is 9.62 Å². The Morgan fingerprint density at radius 3 is 2.41 bits per heavy atom. The topological polar surface area (TPSA) is 97.0 Å². The van der Waals surface area contributed by atoms with Crippen LogP contribution in [-0.2, 0) is 19.6 Å². The van der Waals surface area contributed by atoms with E-state index in [9.17, 15) is 13.2 Å². The Morgan fingerprint density at radius 1 is 1.06 bits per heavy atom. The standard InChI is InChI=1S/C25H35N3O5S/c1-17(2)33-24-9-8-22(34(30,31)28-10-12-32-13-11-28)15-23(24)26-16-25(29)27-20(5)21-7-6-18(3)19(4)14-21/h6-9,14-15,17,20,26H,10-13,16H2,1-5H3,(H,27,29). The molecule has 1 heterocycles. The summed E-state index contributed by atoms with van der Waals surface area (Å²) in [5, 5.41) is 6.05. The van der Waals surface area contributed by atoms with Crippen LogP contribution in [0.4, 0.5) is 5.69 Å². The summed E-state index contributed by atoms with van der Waals surface area (Å²) in [7, 11) is -3.67. The molecule has 0 aromatic heterocycles. The Balaban J connectivity index is 1.73. The smallest absolute Gasteiger partial charge is 0.243 e. The predicted octanol–water partition coefficient (Wildman–Crippen LogP) is 3.40. The Hall–Kier alpha value is -2.62. The van der Waals surface area contributed by atoms with Gasteiger partial charge >= 0.3 is 0 Å². The van der Waals surface area contributed by atoms with E-state index in [1.807, 2.05) is 39.8 Å². The number of rotatable bonds is 9. The highest BCUT2D eigenvalue weighted by molar-refractivity contribution is 7.89. The first kappa shape index (κ1) is 26.0. The summed E-state index contributed by atoms with van der Waals surface area (Å²) in [6, 6.07) is 10.7. The quantitative estimate of drug-likeness (QED) is 0.560. The van der Waals surface area contributed by atoms with Crippen LogP contribution >= 0.6 is 0 Å². The lowest BCUT2D eigenvalue weighted by atomic mass is 10.0. The first-order chi connectivity index (χ1) is 16.1. The van der Waals surface area contributed by atoms with Crippen molar-refractivity contribution in [3.8, 4) is 5.75 Å². The van der Waals surface area contributed by atoms with Crippen molar-refractivity contribution in [2.24, 2.45) is 0 Å². The van der Waals surface area contributed by atoms with Gasteiger partial charge in [-0.1, -0.05) is 18.2 Å². The van der Waals surface area contributed by atoms with E-state index >= 15 is 0 Å². The molecule has 9 heteroatoms. The van der Waals surface area contributed by atoms with Crippen molar-refractivity contribution < 1.29 is 22.7 Å². The van der Waals surface area contributed by atoms with Crippen LogP contribution in [0.1, 0.15) is 43.5 Å². The average Bonchev–Trinajstić information content (AvgIpc) is 2.80. The van der Waals surface area contributed by atoms with Gasteiger partial charge in [-0.25, -0.2) is 8.42 Å². The maximum absolute atomic E-state index is 13.1. The van der Waals surface area contributed by atoms with E-state index in [2.05, 4.69) is 23.6 Å². The van der Waals surface area contributed by atoms with Crippen molar-refractivity contribution in [3.05, 3.63) is 53.1 Å². The lowest BCUT2D eigenvalue weighted by Gasteiger charge is -2.26. The Kier molecular flexibility index (Phi) is 8.57. The molecule has 0 saturated carbocycles. The Bertz CT molecular complexity index is 1110. The molecule has 1 saturated heterocycles. The minimum absolute atomic E-state index is 0.0231. The molecule has 1 aliphatic rings. The minimum Gasteiger partial charge on any atom is -0.489 e. The molecule has 1 unspecified atom stereocenters. The Labute approximate surface area is 202 Å². The molecule has 1 atom stereocenters. The second-order valence-electron chi connectivity index (χ2n) is 8.83. The molecule has 3 rings (SSSR count). The average molecular weight is 490 g/mol.